The van der Waals surface area contributed by atoms with E-state index in [0.29, 0.717) is 49.4 Å². The van der Waals surface area contributed by atoms with Crippen LogP contribution in [0.2, 0.25) is 0 Å². The molecule has 2 aliphatic heterocycles. The molecule has 346 valence electrons. The van der Waals surface area contributed by atoms with Crippen molar-refractivity contribution >= 4 is 46.4 Å². The third-order valence-electron chi connectivity index (χ3n) is 10.9. The summed E-state index contributed by atoms with van der Waals surface area (Å²) in [6, 6.07) is 2.76. The molecule has 0 aliphatic carbocycles. The van der Waals surface area contributed by atoms with E-state index in [0.717, 1.165) is 6.07 Å². The van der Waals surface area contributed by atoms with Gasteiger partial charge in [0.2, 0.25) is 17.5 Å². The van der Waals surface area contributed by atoms with Gasteiger partial charge >= 0.3 is 0 Å². The van der Waals surface area contributed by atoms with Gasteiger partial charge in [0.1, 0.15) is 0 Å². The summed E-state index contributed by atoms with van der Waals surface area (Å²) in [7, 11) is 0. The van der Waals surface area contributed by atoms with E-state index in [1.807, 2.05) is 0 Å². The van der Waals surface area contributed by atoms with Crippen LogP contribution in [0.5, 0.6) is 0 Å². The minimum Gasteiger partial charge on any atom is -0.354 e. The Balaban J connectivity index is 1.60. The number of aromatic amines is 2. The monoisotopic (exact) mass is 970 g/mol. The number of halogens is 19. The fourth-order valence-electron chi connectivity index (χ4n) is 7.69. The Kier molecular flexibility index (Phi) is 10.6. The smallest absolute Gasteiger partial charge is 0.200 e. The van der Waals surface area contributed by atoms with Gasteiger partial charge in [-0.15, -0.1) is 0 Å². The van der Waals surface area contributed by atoms with Gasteiger partial charge in [-0.1, -0.05) is 0 Å². The van der Waals surface area contributed by atoms with Crippen LogP contribution in [-0.4, -0.2) is 19.9 Å². The van der Waals surface area contributed by atoms with Crippen molar-refractivity contribution in [3.05, 3.63) is 163 Å². The Morgan fingerprint density at radius 1 is 0.250 bits per heavy atom. The summed E-state index contributed by atoms with van der Waals surface area (Å²) in [5.74, 6) is -47.4. The van der Waals surface area contributed by atoms with Crippen molar-refractivity contribution in [1.82, 2.24) is 19.9 Å². The van der Waals surface area contributed by atoms with Gasteiger partial charge in [-0.05, 0) is 55.5 Å². The second-order valence-corrected chi connectivity index (χ2v) is 14.6. The molecule has 8 bridgehead atoms. The second-order valence-electron chi connectivity index (χ2n) is 14.6. The maximum Gasteiger partial charge on any atom is 0.200 e. The largest absolute Gasteiger partial charge is 0.354 e. The first kappa shape index (κ1) is 45.3. The average Bonchev–Trinajstić information content (AvgIpc) is 4.18. The molecule has 0 spiro atoms. The lowest BCUT2D eigenvalue weighted by molar-refractivity contribution is 0.381. The van der Waals surface area contributed by atoms with Crippen LogP contribution < -0.4 is 0 Å². The summed E-state index contributed by atoms with van der Waals surface area (Å²) in [6.07, 6.45) is 2.65. The number of aromatic nitrogens is 4. The maximum absolute atomic E-state index is 16.0. The lowest BCUT2D eigenvalue weighted by Gasteiger charge is -2.12. The lowest BCUT2D eigenvalue weighted by Crippen LogP contribution is -2.06. The van der Waals surface area contributed by atoms with Gasteiger partial charge in [-0.2, -0.15) is 0 Å². The predicted octanol–water partition coefficient (Wildman–Crippen LogP) is 14.3. The molecule has 0 atom stereocenters. The van der Waals surface area contributed by atoms with Gasteiger partial charge in [0, 0.05) is 49.9 Å². The first-order chi connectivity index (χ1) is 32.1. The van der Waals surface area contributed by atoms with E-state index in [9.17, 15) is 39.5 Å². The van der Waals surface area contributed by atoms with Crippen molar-refractivity contribution in [2.24, 2.45) is 0 Å². The quantitative estimate of drug-likeness (QED) is 0.105. The molecular weight excluding hydrogens is 957 g/mol. The van der Waals surface area contributed by atoms with Crippen LogP contribution in [0, 0.1) is 117 Å². The Labute approximate surface area is 364 Å². The molecule has 7 aromatic rings. The summed E-state index contributed by atoms with van der Waals surface area (Å²) in [6.45, 7) is 0.618. The van der Waals surface area contributed by atoms with Gasteiger partial charge < -0.3 is 9.97 Å². The van der Waals surface area contributed by atoms with Crippen LogP contribution in [0.25, 0.3) is 90.9 Å². The van der Waals surface area contributed by atoms with Gasteiger partial charge in [0.15, 0.2) is 93.1 Å². The minimum atomic E-state index is -2.70. The van der Waals surface area contributed by atoms with Crippen molar-refractivity contribution in [3.8, 4) is 44.5 Å². The number of nitrogens with zero attached hydrogens (tertiary/aromatic N) is 2. The van der Waals surface area contributed by atoms with E-state index in [4.69, 9.17) is 0 Å². The summed E-state index contributed by atoms with van der Waals surface area (Å²) in [5, 5.41) is 0. The zero-order chi connectivity index (χ0) is 49.3. The van der Waals surface area contributed by atoms with Crippen molar-refractivity contribution in [2.75, 3.05) is 0 Å². The highest BCUT2D eigenvalue weighted by Gasteiger charge is 2.35. The molecule has 23 heteroatoms. The molecule has 5 heterocycles. The van der Waals surface area contributed by atoms with Crippen molar-refractivity contribution < 1.29 is 83.4 Å². The molecule has 0 saturated carbocycles. The van der Waals surface area contributed by atoms with Crippen LogP contribution in [0.3, 0.4) is 0 Å². The predicted molar refractivity (Wildman–Crippen MR) is 205 cm³/mol. The number of hydrogen-bond acceptors (Lipinski definition) is 2. The van der Waals surface area contributed by atoms with Crippen molar-refractivity contribution in [3.63, 3.8) is 0 Å². The van der Waals surface area contributed by atoms with E-state index >= 15 is 43.9 Å². The molecule has 68 heavy (non-hydrogen) atoms. The highest BCUT2D eigenvalue weighted by atomic mass is 19.2. The number of nitrogens with one attached hydrogen (secondary N) is 2. The Morgan fingerprint density at radius 3 is 0.632 bits per heavy atom. The highest BCUT2D eigenvalue weighted by Crippen LogP contribution is 2.44. The van der Waals surface area contributed by atoms with E-state index < -0.39 is 205 Å². The molecular formula is C45H13F19N4. The van der Waals surface area contributed by atoms with E-state index in [1.165, 1.54) is 0 Å². The standard InChI is InChI=1S/C45H13F19N4/c1-10-27(46)29(48)23(30(49)28(10)47)19-11-2-4-13(65-11)20(24-31(50)37(56)43(62)38(57)32(24)51)15-6-8-17(67-15)22(26-35(54)41(60)45(64)42(61)36(26)55)18-9-7-16(68-18)21(14-5-3-12(19)66-14)25-33(52)39(58)44(63)40(59)34(25)53/h2-9,65,68H,1H3. The van der Waals surface area contributed by atoms with Gasteiger partial charge in [0.25, 0.3) is 0 Å². The van der Waals surface area contributed by atoms with Crippen LogP contribution in [0.4, 0.5) is 83.4 Å². The molecule has 3 aromatic heterocycles. The third-order valence-corrected chi connectivity index (χ3v) is 10.9. The van der Waals surface area contributed by atoms with E-state index in [1.54, 1.807) is 0 Å². The number of fused-ring (bicyclic) bond motifs is 8. The van der Waals surface area contributed by atoms with Gasteiger partial charge in [-0.25, -0.2) is 93.4 Å². The number of hydrogen-bond donors (Lipinski definition) is 2. The molecule has 0 fully saturated rings. The van der Waals surface area contributed by atoms with E-state index in [2.05, 4.69) is 19.9 Å². The Morgan fingerprint density at radius 2 is 0.426 bits per heavy atom. The van der Waals surface area contributed by atoms with Crippen LogP contribution in [0.1, 0.15) is 28.3 Å². The Bertz CT molecular complexity index is 3120. The van der Waals surface area contributed by atoms with Crippen LogP contribution in [-0.2, 0) is 0 Å². The maximum atomic E-state index is 16.0. The summed E-state index contributed by atoms with van der Waals surface area (Å²) < 4.78 is 290. The topological polar surface area (TPSA) is 57.4 Å². The average molecular weight is 971 g/mol. The molecule has 4 nitrogen and oxygen atoms in total. The van der Waals surface area contributed by atoms with Crippen LogP contribution in [0.15, 0.2) is 24.3 Å². The third kappa shape index (κ3) is 6.41. The normalized spacial score (nSPS) is 12.3. The fourth-order valence-corrected chi connectivity index (χ4v) is 7.69. The zero-order valence-corrected chi connectivity index (χ0v) is 32.7. The first-order valence-corrected chi connectivity index (χ1v) is 18.6. The summed E-state index contributed by atoms with van der Waals surface area (Å²) in [4.78, 5) is 12.6. The molecule has 0 radical (unpaired) electrons. The molecule has 2 aliphatic rings. The molecule has 4 aromatic carbocycles. The SMILES string of the molecule is Cc1c(F)c(F)c(-c2c3nc(c(-c4c(F)c(F)c(F)c(F)c4F)c4ccc([nH]4)c(-c4c(F)c(F)c(F)c(F)c4F)c4nc(c(-c5c(F)c(F)c(F)c(F)c5F)c5ccc2[nH]5)C=C4)C=C3)c(F)c1F. The van der Waals surface area contributed by atoms with Gasteiger partial charge in [0.05, 0.1) is 45.0 Å². The van der Waals surface area contributed by atoms with Gasteiger partial charge in [-0.3, -0.25) is 0 Å². The van der Waals surface area contributed by atoms with E-state index in [-0.39, 0.29) is 0 Å². The lowest BCUT2D eigenvalue weighted by atomic mass is 9.99. The molecule has 9 rings (SSSR count). The Hall–Kier alpha value is -7.85. The minimum absolute atomic E-state index is 0.618. The fraction of sp³-hybridized carbons (Fsp3) is 0.0222. The summed E-state index contributed by atoms with van der Waals surface area (Å²) >= 11 is 0. The van der Waals surface area contributed by atoms with Crippen LogP contribution >= 0.6 is 0 Å². The number of rotatable bonds is 4. The zero-order valence-electron chi connectivity index (χ0n) is 32.7. The molecule has 0 saturated heterocycles. The van der Waals surface area contributed by atoms with Crippen molar-refractivity contribution in [2.45, 2.75) is 6.92 Å². The summed E-state index contributed by atoms with van der Waals surface area (Å²) in [5.41, 5.74) is -20.4. The molecule has 2 N–H and O–H groups in total. The van der Waals surface area contributed by atoms with Crippen molar-refractivity contribution in [1.29, 1.82) is 0 Å². The number of H-pyrrole nitrogens is 2. The molecule has 0 amide bonds. The molecule has 0 unspecified atom stereocenters. The number of benzene rings is 4. The second kappa shape index (κ2) is 15.9. The first-order valence-electron chi connectivity index (χ1n) is 18.6. The highest BCUT2D eigenvalue weighted by molar-refractivity contribution is 6.00.